The van der Waals surface area contributed by atoms with Crippen molar-refractivity contribution in [2.75, 3.05) is 0 Å². The normalized spacial score (nSPS) is 9.67. The van der Waals surface area contributed by atoms with Gasteiger partial charge in [0, 0.05) is 18.0 Å². The predicted octanol–water partition coefficient (Wildman–Crippen LogP) is 2.15. The molecule has 0 aliphatic carbocycles. The summed E-state index contributed by atoms with van der Waals surface area (Å²) in [7, 11) is 0. The second-order valence-electron chi connectivity index (χ2n) is 1.94. The van der Waals surface area contributed by atoms with E-state index in [1.54, 1.807) is 6.20 Å². The minimum atomic E-state index is 0.582. The third kappa shape index (κ3) is 1.42. The molecule has 1 heterocycles. The van der Waals surface area contributed by atoms with Gasteiger partial charge in [-0.05, 0) is 19.4 Å². The van der Waals surface area contributed by atoms with Crippen LogP contribution in [0.5, 0.6) is 0 Å². The maximum absolute atomic E-state index is 5.60. The Labute approximate surface area is 59.7 Å². The molecule has 1 nitrogen and oxygen atoms in total. The van der Waals surface area contributed by atoms with Gasteiger partial charge in [0.2, 0.25) is 0 Å². The van der Waals surface area contributed by atoms with E-state index in [4.69, 9.17) is 11.6 Å². The number of rotatable bonds is 0. The Hall–Kier alpha value is -0.560. The summed E-state index contributed by atoms with van der Waals surface area (Å²) in [6.07, 6.45) is 1.60. The smallest absolute Gasteiger partial charge is 0.0671 e. The molecular formula is C7H7ClN. The summed E-state index contributed by atoms with van der Waals surface area (Å²) in [6.45, 7) is 3.87. The van der Waals surface area contributed by atoms with Crippen molar-refractivity contribution in [2.45, 2.75) is 13.8 Å². The summed E-state index contributed by atoms with van der Waals surface area (Å²) < 4.78 is 0. The van der Waals surface area contributed by atoms with Gasteiger partial charge in [-0.1, -0.05) is 11.6 Å². The van der Waals surface area contributed by atoms with Crippen molar-refractivity contribution in [1.82, 2.24) is 4.98 Å². The van der Waals surface area contributed by atoms with Gasteiger partial charge in [0.1, 0.15) is 0 Å². The summed E-state index contributed by atoms with van der Waals surface area (Å²) in [5.41, 5.74) is 2.00. The summed E-state index contributed by atoms with van der Waals surface area (Å²) in [6, 6.07) is 2.94. The van der Waals surface area contributed by atoms with Crippen LogP contribution >= 0.6 is 11.6 Å². The maximum Gasteiger partial charge on any atom is 0.0671 e. The molecule has 0 spiro atoms. The largest absolute Gasteiger partial charge is 0.260 e. The van der Waals surface area contributed by atoms with Gasteiger partial charge in [-0.2, -0.15) is 0 Å². The fraction of sp³-hybridized carbons (Fsp3) is 0.286. The lowest BCUT2D eigenvalue weighted by molar-refractivity contribution is 1.15. The molecule has 0 saturated carbocycles. The molecule has 0 N–H and O–H groups in total. The first-order valence-electron chi connectivity index (χ1n) is 2.71. The molecule has 0 unspecified atom stereocenters. The highest BCUT2D eigenvalue weighted by atomic mass is 35.5. The monoisotopic (exact) mass is 140 g/mol. The Bertz CT molecular complexity index is 220. The molecule has 1 radical (unpaired) electrons. The first-order valence-corrected chi connectivity index (χ1v) is 3.09. The van der Waals surface area contributed by atoms with E-state index in [0.717, 1.165) is 11.3 Å². The van der Waals surface area contributed by atoms with Crippen molar-refractivity contribution in [3.05, 3.63) is 28.5 Å². The van der Waals surface area contributed by atoms with Crippen molar-refractivity contribution >= 4 is 11.6 Å². The maximum atomic E-state index is 5.60. The van der Waals surface area contributed by atoms with E-state index in [1.165, 1.54) is 0 Å². The van der Waals surface area contributed by atoms with Gasteiger partial charge in [0.05, 0.1) is 5.02 Å². The average Bonchev–Trinajstić information content (AvgIpc) is 1.80. The second kappa shape index (κ2) is 2.36. The first-order chi connectivity index (χ1) is 4.20. The van der Waals surface area contributed by atoms with Crippen LogP contribution in [0.25, 0.3) is 0 Å². The van der Waals surface area contributed by atoms with E-state index in [1.807, 2.05) is 13.8 Å². The molecule has 0 fully saturated rings. The molecule has 0 amide bonds. The predicted molar refractivity (Wildman–Crippen MR) is 37.6 cm³/mol. The van der Waals surface area contributed by atoms with Crippen molar-refractivity contribution in [2.24, 2.45) is 0 Å². The lowest BCUT2D eigenvalue weighted by atomic mass is 10.2. The quantitative estimate of drug-likeness (QED) is 0.538. The van der Waals surface area contributed by atoms with Gasteiger partial charge in [0.15, 0.2) is 0 Å². The Morgan fingerprint density at radius 2 is 2.22 bits per heavy atom. The molecule has 0 aromatic carbocycles. The number of aryl methyl sites for hydroxylation is 2. The topological polar surface area (TPSA) is 12.9 Å². The minimum Gasteiger partial charge on any atom is -0.260 e. The van der Waals surface area contributed by atoms with E-state index in [9.17, 15) is 0 Å². The minimum absolute atomic E-state index is 0.582. The number of aromatic nitrogens is 1. The number of hydrogen-bond acceptors (Lipinski definition) is 1. The molecule has 47 valence electrons. The van der Waals surface area contributed by atoms with Crippen molar-refractivity contribution in [3.8, 4) is 0 Å². The number of nitrogens with zero attached hydrogens (tertiary/aromatic N) is 1. The molecule has 0 aliphatic rings. The van der Waals surface area contributed by atoms with Crippen LogP contribution in [0.2, 0.25) is 5.02 Å². The highest BCUT2D eigenvalue weighted by Crippen LogP contribution is 2.09. The highest BCUT2D eigenvalue weighted by Gasteiger charge is 1.93. The van der Waals surface area contributed by atoms with Gasteiger partial charge in [-0.25, -0.2) is 0 Å². The summed E-state index contributed by atoms with van der Waals surface area (Å²) >= 11 is 5.60. The number of halogens is 1. The number of hydrogen-bond donors (Lipinski definition) is 0. The van der Waals surface area contributed by atoms with Crippen molar-refractivity contribution in [3.63, 3.8) is 0 Å². The second-order valence-corrected chi connectivity index (χ2v) is 2.35. The van der Waals surface area contributed by atoms with Crippen LogP contribution in [0.4, 0.5) is 0 Å². The van der Waals surface area contributed by atoms with Crippen molar-refractivity contribution < 1.29 is 0 Å². The summed E-state index contributed by atoms with van der Waals surface area (Å²) in [5, 5.41) is 0.582. The third-order valence-electron chi connectivity index (χ3n) is 1.22. The van der Waals surface area contributed by atoms with Crippen LogP contribution in [-0.2, 0) is 0 Å². The molecule has 0 saturated heterocycles. The van der Waals surface area contributed by atoms with Crippen LogP contribution in [0.3, 0.4) is 0 Å². The zero-order chi connectivity index (χ0) is 6.85. The van der Waals surface area contributed by atoms with Gasteiger partial charge < -0.3 is 0 Å². The Balaban J connectivity index is 3.17. The molecule has 2 heteroatoms. The van der Waals surface area contributed by atoms with Crippen LogP contribution in [-0.4, -0.2) is 4.98 Å². The Morgan fingerprint density at radius 3 is 2.67 bits per heavy atom. The third-order valence-corrected chi connectivity index (χ3v) is 1.41. The lowest BCUT2D eigenvalue weighted by Crippen LogP contribution is -1.84. The zero-order valence-corrected chi connectivity index (χ0v) is 6.16. The lowest BCUT2D eigenvalue weighted by Gasteiger charge is -1.95. The summed E-state index contributed by atoms with van der Waals surface area (Å²) in [5.74, 6) is 0. The van der Waals surface area contributed by atoms with Gasteiger partial charge in [0.25, 0.3) is 0 Å². The molecule has 9 heavy (non-hydrogen) atoms. The van der Waals surface area contributed by atoms with E-state index in [0.29, 0.717) is 5.02 Å². The Kier molecular flexibility index (Phi) is 1.72. The average molecular weight is 141 g/mol. The molecular weight excluding hydrogens is 134 g/mol. The molecule has 1 rings (SSSR count). The van der Waals surface area contributed by atoms with E-state index < -0.39 is 0 Å². The van der Waals surface area contributed by atoms with Crippen LogP contribution < -0.4 is 0 Å². The fourth-order valence-corrected chi connectivity index (χ4v) is 0.743. The van der Waals surface area contributed by atoms with Crippen LogP contribution in [0, 0.1) is 19.9 Å². The molecule has 0 aliphatic heterocycles. The SMILES string of the molecule is Cc1[c]c(Cl)cnc1C. The zero-order valence-electron chi connectivity index (χ0n) is 5.40. The molecule has 1 aromatic rings. The van der Waals surface area contributed by atoms with E-state index in [2.05, 4.69) is 11.1 Å². The van der Waals surface area contributed by atoms with Gasteiger partial charge in [-0.3, -0.25) is 4.98 Å². The summed E-state index contributed by atoms with van der Waals surface area (Å²) in [4.78, 5) is 4.02. The van der Waals surface area contributed by atoms with E-state index >= 15 is 0 Å². The number of pyridine rings is 1. The highest BCUT2D eigenvalue weighted by molar-refractivity contribution is 6.30. The fourth-order valence-electron chi connectivity index (χ4n) is 0.552. The van der Waals surface area contributed by atoms with Crippen molar-refractivity contribution in [1.29, 1.82) is 0 Å². The van der Waals surface area contributed by atoms with Gasteiger partial charge >= 0.3 is 0 Å². The molecule has 1 aromatic heterocycles. The molecule has 0 bridgehead atoms. The first kappa shape index (κ1) is 6.56. The van der Waals surface area contributed by atoms with Gasteiger partial charge in [-0.15, -0.1) is 0 Å². The molecule has 0 atom stereocenters. The van der Waals surface area contributed by atoms with E-state index in [-0.39, 0.29) is 0 Å². The standard InChI is InChI=1S/C7H7ClN/c1-5-3-7(8)4-9-6(5)2/h4H,1-2H3. The Morgan fingerprint density at radius 1 is 1.56 bits per heavy atom. The van der Waals surface area contributed by atoms with Crippen LogP contribution in [0.1, 0.15) is 11.3 Å². The van der Waals surface area contributed by atoms with Crippen LogP contribution in [0.15, 0.2) is 6.20 Å².